The lowest BCUT2D eigenvalue weighted by atomic mass is 9.76. The van der Waals surface area contributed by atoms with Crippen LogP contribution < -0.4 is 4.72 Å². The number of amides is 1. The summed E-state index contributed by atoms with van der Waals surface area (Å²) in [5.41, 5.74) is 0.874. The number of nitrogens with one attached hydrogen (secondary N) is 1. The summed E-state index contributed by atoms with van der Waals surface area (Å²) >= 11 is 0. The molecule has 1 N–H and O–H groups in total. The number of ketones is 2. The molecule has 0 bridgehead atoms. The number of aryl methyl sites for hydroxylation is 1. The zero-order valence-electron chi connectivity index (χ0n) is 14.6. The number of hydrogen-bond acceptors (Lipinski definition) is 5. The van der Waals surface area contributed by atoms with Gasteiger partial charge in [-0.25, -0.2) is 13.1 Å². The van der Waals surface area contributed by atoms with Crippen molar-refractivity contribution in [1.29, 1.82) is 0 Å². The van der Waals surface area contributed by atoms with Crippen LogP contribution in [0.1, 0.15) is 38.7 Å². The minimum absolute atomic E-state index is 0.0715. The van der Waals surface area contributed by atoms with Gasteiger partial charge in [0, 0.05) is 12.8 Å². The van der Waals surface area contributed by atoms with E-state index in [1.165, 1.54) is 12.1 Å². The van der Waals surface area contributed by atoms with E-state index in [1.807, 2.05) is 25.5 Å². The Bertz CT molecular complexity index is 762. The molecule has 0 aromatic heterocycles. The first-order valence-corrected chi connectivity index (χ1v) is 9.77. The summed E-state index contributed by atoms with van der Waals surface area (Å²) in [6, 6.07) is 5.95. The fourth-order valence-electron chi connectivity index (χ4n) is 3.15. The van der Waals surface area contributed by atoms with E-state index in [2.05, 4.69) is 0 Å². The molecule has 2 rings (SSSR count). The second-order valence-corrected chi connectivity index (χ2v) is 8.73. The van der Waals surface area contributed by atoms with Crippen molar-refractivity contribution in [3.63, 3.8) is 0 Å². The largest absolute Gasteiger partial charge is 0.298 e. The van der Waals surface area contributed by atoms with Crippen LogP contribution in [0.4, 0.5) is 0 Å². The first-order valence-electron chi connectivity index (χ1n) is 8.29. The Kier molecular flexibility index (Phi) is 5.77. The van der Waals surface area contributed by atoms with E-state index in [9.17, 15) is 22.8 Å². The van der Waals surface area contributed by atoms with Gasteiger partial charge in [0.1, 0.15) is 0 Å². The third kappa shape index (κ3) is 4.75. The third-order valence-corrected chi connectivity index (χ3v) is 5.62. The summed E-state index contributed by atoms with van der Waals surface area (Å²) in [5, 5.41) is 0. The summed E-state index contributed by atoms with van der Waals surface area (Å²) in [5.74, 6) is -3.31. The van der Waals surface area contributed by atoms with Crippen LogP contribution in [0.5, 0.6) is 0 Å². The second kappa shape index (κ2) is 7.47. The van der Waals surface area contributed by atoms with E-state index < -0.39 is 33.4 Å². The van der Waals surface area contributed by atoms with Crippen LogP contribution in [0.15, 0.2) is 29.2 Å². The van der Waals surface area contributed by atoms with Gasteiger partial charge in [-0.2, -0.15) is 0 Å². The number of benzene rings is 1. The molecule has 0 atom stereocenters. The topological polar surface area (TPSA) is 97.4 Å². The van der Waals surface area contributed by atoms with Gasteiger partial charge in [0.15, 0.2) is 17.5 Å². The minimum Gasteiger partial charge on any atom is -0.298 e. The van der Waals surface area contributed by atoms with Gasteiger partial charge in [-0.3, -0.25) is 14.4 Å². The number of hydrogen-bond donors (Lipinski definition) is 1. The Hall–Kier alpha value is -2.02. The predicted octanol–water partition coefficient (Wildman–Crippen LogP) is 2.01. The van der Waals surface area contributed by atoms with Crippen LogP contribution >= 0.6 is 0 Å². The lowest BCUT2D eigenvalue weighted by Crippen LogP contribution is -2.46. The number of sulfonamides is 1. The van der Waals surface area contributed by atoms with Gasteiger partial charge < -0.3 is 0 Å². The molecule has 25 heavy (non-hydrogen) atoms. The van der Waals surface area contributed by atoms with Gasteiger partial charge in [-0.05, 0) is 37.3 Å². The van der Waals surface area contributed by atoms with E-state index in [0.717, 1.165) is 12.0 Å². The van der Waals surface area contributed by atoms with E-state index in [0.29, 0.717) is 5.92 Å². The molecule has 1 fully saturated rings. The van der Waals surface area contributed by atoms with Crippen molar-refractivity contribution in [2.45, 2.75) is 44.9 Å². The zero-order chi connectivity index (χ0) is 18.8. The van der Waals surface area contributed by atoms with E-state index in [4.69, 9.17) is 0 Å². The van der Waals surface area contributed by atoms with Crippen LogP contribution in [0.3, 0.4) is 0 Å². The van der Waals surface area contributed by atoms with Gasteiger partial charge in [0.05, 0.1) is 4.90 Å². The molecular formula is C18H23NO5S. The fraction of sp³-hybridized carbons (Fsp3) is 0.500. The molecule has 136 valence electrons. The van der Waals surface area contributed by atoms with E-state index in [-0.39, 0.29) is 23.7 Å². The molecule has 1 aliphatic rings. The normalized spacial score (nSPS) is 21.4. The number of carbonyl (C=O) groups excluding carboxylic acids is 3. The molecule has 0 aliphatic heterocycles. The average molecular weight is 365 g/mol. The van der Waals surface area contributed by atoms with E-state index >= 15 is 0 Å². The summed E-state index contributed by atoms with van der Waals surface area (Å²) in [6.07, 6.45) is 0.993. The summed E-state index contributed by atoms with van der Waals surface area (Å²) in [6.45, 7) is 5.81. The van der Waals surface area contributed by atoms with Crippen molar-refractivity contribution < 1.29 is 22.8 Å². The molecule has 0 spiro atoms. The molecular weight excluding hydrogens is 342 g/mol. The predicted molar refractivity (Wildman–Crippen MR) is 92.2 cm³/mol. The first-order chi connectivity index (χ1) is 11.6. The average Bonchev–Trinajstić information content (AvgIpc) is 2.45. The van der Waals surface area contributed by atoms with Crippen molar-refractivity contribution in [2.24, 2.45) is 17.8 Å². The Morgan fingerprint density at radius 2 is 1.64 bits per heavy atom. The highest BCUT2D eigenvalue weighted by Crippen LogP contribution is 2.28. The first kappa shape index (κ1) is 19.3. The van der Waals surface area contributed by atoms with Crippen LogP contribution in [0.25, 0.3) is 0 Å². The molecule has 0 saturated heterocycles. The van der Waals surface area contributed by atoms with Crippen molar-refractivity contribution >= 4 is 27.5 Å². The maximum absolute atomic E-state index is 12.3. The molecule has 6 nitrogen and oxygen atoms in total. The molecule has 1 amide bonds. The fourth-order valence-corrected chi connectivity index (χ4v) is 4.14. The third-order valence-electron chi connectivity index (χ3n) is 4.26. The van der Waals surface area contributed by atoms with E-state index in [1.54, 1.807) is 12.1 Å². The summed E-state index contributed by atoms with van der Waals surface area (Å²) < 4.78 is 26.4. The summed E-state index contributed by atoms with van der Waals surface area (Å²) in [7, 11) is -4.11. The van der Waals surface area contributed by atoms with Crippen molar-refractivity contribution in [3.8, 4) is 0 Å². The zero-order valence-corrected chi connectivity index (χ0v) is 15.4. The summed E-state index contributed by atoms with van der Waals surface area (Å²) in [4.78, 5) is 36.6. The maximum Gasteiger partial charge on any atom is 0.264 e. The molecule has 1 aromatic carbocycles. The highest BCUT2D eigenvalue weighted by Gasteiger charge is 2.41. The molecule has 1 saturated carbocycles. The van der Waals surface area contributed by atoms with Gasteiger partial charge in [-0.1, -0.05) is 31.5 Å². The Balaban J connectivity index is 2.11. The van der Waals surface area contributed by atoms with Crippen molar-refractivity contribution in [2.75, 3.05) is 0 Å². The minimum atomic E-state index is -4.11. The Morgan fingerprint density at radius 1 is 1.12 bits per heavy atom. The number of rotatable bonds is 5. The molecule has 0 heterocycles. The monoisotopic (exact) mass is 365 g/mol. The molecule has 1 aliphatic carbocycles. The molecule has 7 heteroatoms. The van der Waals surface area contributed by atoms with Gasteiger partial charge >= 0.3 is 0 Å². The van der Waals surface area contributed by atoms with Crippen LogP contribution in [-0.2, 0) is 24.4 Å². The van der Waals surface area contributed by atoms with Crippen LogP contribution in [-0.4, -0.2) is 25.9 Å². The smallest absolute Gasteiger partial charge is 0.264 e. The highest BCUT2D eigenvalue weighted by molar-refractivity contribution is 7.90. The van der Waals surface area contributed by atoms with Crippen LogP contribution in [0.2, 0.25) is 0 Å². The van der Waals surface area contributed by atoms with Gasteiger partial charge in [0.25, 0.3) is 15.9 Å². The maximum atomic E-state index is 12.3. The van der Waals surface area contributed by atoms with Crippen LogP contribution in [0, 0.1) is 24.7 Å². The SMILES string of the molecule is Cc1ccc(S(=O)(=O)NC(=O)C2C(=O)CC(CC(C)C)CC2=O)cc1. The second-order valence-electron chi connectivity index (χ2n) is 7.05. The van der Waals surface area contributed by atoms with Gasteiger partial charge in [0.2, 0.25) is 0 Å². The van der Waals surface area contributed by atoms with Crippen molar-refractivity contribution in [3.05, 3.63) is 29.8 Å². The number of carbonyl (C=O) groups is 3. The molecule has 0 unspecified atom stereocenters. The van der Waals surface area contributed by atoms with Gasteiger partial charge in [-0.15, -0.1) is 0 Å². The molecule has 1 aromatic rings. The quantitative estimate of drug-likeness (QED) is 0.805. The Labute approximate surface area is 148 Å². The lowest BCUT2D eigenvalue weighted by Gasteiger charge is -2.26. The number of Topliss-reactive ketones (excluding diaryl/α,β-unsaturated/α-hetero) is 2. The lowest BCUT2D eigenvalue weighted by molar-refractivity contribution is -0.143. The highest BCUT2D eigenvalue weighted by atomic mass is 32.2. The Morgan fingerprint density at radius 3 is 2.12 bits per heavy atom. The van der Waals surface area contributed by atoms with Crippen molar-refractivity contribution in [1.82, 2.24) is 4.72 Å². The standard InChI is InChI=1S/C18H23NO5S/c1-11(2)8-13-9-15(20)17(16(21)10-13)18(22)19-25(23,24)14-6-4-12(3)5-7-14/h4-7,11,13,17H,8-10H2,1-3H3,(H,19,22). The molecule has 0 radical (unpaired) electrons.